The van der Waals surface area contributed by atoms with Crippen LogP contribution in [0.4, 0.5) is 0 Å². The minimum absolute atomic E-state index is 0.288. The number of hydrogen-bond acceptors (Lipinski definition) is 1. The fourth-order valence-corrected chi connectivity index (χ4v) is 3.26. The Morgan fingerprint density at radius 1 is 1.31 bits per heavy atom. The number of rotatable bonds is 4. The van der Waals surface area contributed by atoms with E-state index in [1.807, 2.05) is 0 Å². The zero-order valence-electron chi connectivity index (χ0n) is 10.9. The molecule has 0 aromatic rings. The third-order valence-corrected chi connectivity index (χ3v) is 4.72. The van der Waals surface area contributed by atoms with E-state index in [1.54, 1.807) is 0 Å². The Morgan fingerprint density at radius 2 is 2.00 bits per heavy atom. The second-order valence-electron chi connectivity index (χ2n) is 6.94. The lowest BCUT2D eigenvalue weighted by Crippen LogP contribution is -2.35. The first-order valence-electron chi connectivity index (χ1n) is 6.64. The van der Waals surface area contributed by atoms with Crippen LogP contribution in [-0.4, -0.2) is 18.6 Å². The molecule has 1 aliphatic carbocycles. The van der Waals surface area contributed by atoms with E-state index < -0.39 is 0 Å². The lowest BCUT2D eigenvalue weighted by atomic mass is 9.73. The summed E-state index contributed by atoms with van der Waals surface area (Å²) in [5.41, 5.74) is 0.700. The molecule has 2 aliphatic rings. The number of alkyl halides is 1. The van der Waals surface area contributed by atoms with E-state index in [4.69, 9.17) is 16.3 Å². The van der Waals surface area contributed by atoms with E-state index in [-0.39, 0.29) is 5.41 Å². The van der Waals surface area contributed by atoms with E-state index in [1.165, 1.54) is 32.1 Å². The van der Waals surface area contributed by atoms with Crippen molar-refractivity contribution in [2.45, 2.75) is 59.0 Å². The lowest BCUT2D eigenvalue weighted by Gasteiger charge is -2.34. The Morgan fingerprint density at radius 3 is 2.50 bits per heavy atom. The highest BCUT2D eigenvalue weighted by Gasteiger charge is 2.50. The van der Waals surface area contributed by atoms with Gasteiger partial charge in [-0.2, -0.15) is 0 Å². The molecule has 1 saturated heterocycles. The van der Waals surface area contributed by atoms with Crippen molar-refractivity contribution in [2.24, 2.45) is 16.7 Å². The normalized spacial score (nSPS) is 35.6. The quantitative estimate of drug-likeness (QED) is 0.673. The number of halogens is 1. The van der Waals surface area contributed by atoms with Crippen molar-refractivity contribution in [3.8, 4) is 0 Å². The van der Waals surface area contributed by atoms with Crippen molar-refractivity contribution in [3.63, 3.8) is 0 Å². The van der Waals surface area contributed by atoms with Gasteiger partial charge in [-0.3, -0.25) is 0 Å². The molecule has 2 heteroatoms. The Labute approximate surface area is 105 Å². The molecule has 2 unspecified atom stereocenters. The van der Waals surface area contributed by atoms with Gasteiger partial charge >= 0.3 is 0 Å². The van der Waals surface area contributed by atoms with Gasteiger partial charge in [-0.25, -0.2) is 0 Å². The molecule has 2 rings (SSSR count). The molecule has 2 fully saturated rings. The third kappa shape index (κ3) is 2.73. The van der Waals surface area contributed by atoms with Gasteiger partial charge in [0, 0.05) is 17.9 Å². The molecule has 0 bridgehead atoms. The van der Waals surface area contributed by atoms with Crippen LogP contribution in [0.3, 0.4) is 0 Å². The summed E-state index contributed by atoms with van der Waals surface area (Å²) in [4.78, 5) is 0. The van der Waals surface area contributed by atoms with Crippen LogP contribution in [0.2, 0.25) is 0 Å². The molecule has 2 atom stereocenters. The van der Waals surface area contributed by atoms with Gasteiger partial charge < -0.3 is 4.74 Å². The maximum absolute atomic E-state index is 6.28. The van der Waals surface area contributed by atoms with Gasteiger partial charge in [0.05, 0.1) is 6.10 Å². The first-order chi connectivity index (χ1) is 7.47. The monoisotopic (exact) mass is 244 g/mol. The highest BCUT2D eigenvalue weighted by molar-refractivity contribution is 6.18. The highest BCUT2D eigenvalue weighted by Crippen LogP contribution is 2.51. The molecule has 0 radical (unpaired) electrons. The first kappa shape index (κ1) is 12.7. The molecular formula is C14H25ClO. The smallest absolute Gasteiger partial charge is 0.0671 e. The Bertz CT molecular complexity index is 242. The summed E-state index contributed by atoms with van der Waals surface area (Å²) in [7, 11) is 0. The van der Waals surface area contributed by atoms with Crippen molar-refractivity contribution < 1.29 is 4.74 Å². The summed E-state index contributed by atoms with van der Waals surface area (Å²) in [6, 6.07) is 0. The zero-order valence-corrected chi connectivity index (χ0v) is 11.6. The molecular weight excluding hydrogens is 220 g/mol. The maximum Gasteiger partial charge on any atom is 0.0671 e. The van der Waals surface area contributed by atoms with Gasteiger partial charge in [0.15, 0.2) is 0 Å². The number of ether oxygens (including phenoxy) is 1. The van der Waals surface area contributed by atoms with E-state index >= 15 is 0 Å². The van der Waals surface area contributed by atoms with Crippen LogP contribution < -0.4 is 0 Å². The second kappa shape index (κ2) is 4.49. The molecule has 1 heterocycles. The van der Waals surface area contributed by atoms with Crippen LogP contribution in [-0.2, 0) is 4.74 Å². The van der Waals surface area contributed by atoms with E-state index in [0.717, 1.165) is 18.4 Å². The van der Waals surface area contributed by atoms with Gasteiger partial charge in [-0.15, -0.1) is 11.6 Å². The molecule has 16 heavy (non-hydrogen) atoms. The molecule has 1 aliphatic heterocycles. The molecule has 0 aromatic carbocycles. The summed E-state index contributed by atoms with van der Waals surface area (Å²) in [6.07, 6.45) is 6.85. The topological polar surface area (TPSA) is 9.23 Å². The van der Waals surface area contributed by atoms with Gasteiger partial charge in [0.2, 0.25) is 0 Å². The van der Waals surface area contributed by atoms with Crippen molar-refractivity contribution in [1.29, 1.82) is 0 Å². The minimum atomic E-state index is 0.288. The largest absolute Gasteiger partial charge is 0.377 e. The van der Waals surface area contributed by atoms with E-state index in [2.05, 4.69) is 20.8 Å². The van der Waals surface area contributed by atoms with Crippen LogP contribution in [0, 0.1) is 16.7 Å². The predicted octanol–water partition coefficient (Wildman–Crippen LogP) is 4.24. The molecule has 1 saturated carbocycles. The maximum atomic E-state index is 6.28. The van der Waals surface area contributed by atoms with Gasteiger partial charge in [-0.1, -0.05) is 20.8 Å². The van der Waals surface area contributed by atoms with Crippen LogP contribution in [0.15, 0.2) is 0 Å². The fraction of sp³-hybridized carbons (Fsp3) is 1.00. The fourth-order valence-electron chi connectivity index (χ4n) is 2.84. The lowest BCUT2D eigenvalue weighted by molar-refractivity contribution is 0.0319. The van der Waals surface area contributed by atoms with Gasteiger partial charge in [0.1, 0.15) is 0 Å². The van der Waals surface area contributed by atoms with E-state index in [0.29, 0.717) is 11.5 Å². The number of hydrogen-bond donors (Lipinski definition) is 0. The molecule has 0 aromatic heterocycles. The summed E-state index contributed by atoms with van der Waals surface area (Å²) in [6.45, 7) is 7.88. The zero-order chi connectivity index (χ0) is 11.8. The SMILES string of the molecule is CC(C)(C)CCC1(CCl)CCOC1C1CC1. The summed E-state index contributed by atoms with van der Waals surface area (Å²) < 4.78 is 5.96. The second-order valence-corrected chi connectivity index (χ2v) is 7.20. The van der Waals surface area contributed by atoms with Crippen molar-refractivity contribution in [2.75, 3.05) is 12.5 Å². The average molecular weight is 245 g/mol. The van der Waals surface area contributed by atoms with Crippen molar-refractivity contribution >= 4 is 11.6 Å². The Balaban J connectivity index is 1.99. The van der Waals surface area contributed by atoms with Crippen LogP contribution in [0.1, 0.15) is 52.9 Å². The molecule has 0 N–H and O–H groups in total. The Kier molecular flexibility index (Phi) is 3.57. The predicted molar refractivity (Wildman–Crippen MR) is 68.9 cm³/mol. The minimum Gasteiger partial charge on any atom is -0.377 e. The average Bonchev–Trinajstić information content (AvgIpc) is 2.95. The molecule has 0 amide bonds. The first-order valence-corrected chi connectivity index (χ1v) is 7.18. The third-order valence-electron chi connectivity index (χ3n) is 4.19. The van der Waals surface area contributed by atoms with Crippen LogP contribution >= 0.6 is 11.6 Å². The van der Waals surface area contributed by atoms with Crippen molar-refractivity contribution in [1.82, 2.24) is 0 Å². The molecule has 0 spiro atoms. The standard InChI is InChI=1S/C14H25ClO/c1-13(2,3)6-7-14(10-15)8-9-16-12(14)11-4-5-11/h11-12H,4-10H2,1-3H3. The molecule has 94 valence electrons. The van der Waals surface area contributed by atoms with Crippen LogP contribution in [0.25, 0.3) is 0 Å². The van der Waals surface area contributed by atoms with Crippen molar-refractivity contribution in [3.05, 3.63) is 0 Å². The summed E-state index contributed by atoms with van der Waals surface area (Å²) in [5.74, 6) is 1.60. The Hall–Kier alpha value is 0.250. The molecule has 1 nitrogen and oxygen atoms in total. The van der Waals surface area contributed by atoms with Gasteiger partial charge in [-0.05, 0) is 43.4 Å². The summed E-state index contributed by atoms with van der Waals surface area (Å²) >= 11 is 6.28. The van der Waals surface area contributed by atoms with E-state index in [9.17, 15) is 0 Å². The summed E-state index contributed by atoms with van der Waals surface area (Å²) in [5, 5.41) is 0. The highest BCUT2D eigenvalue weighted by atomic mass is 35.5. The van der Waals surface area contributed by atoms with Gasteiger partial charge in [0.25, 0.3) is 0 Å². The van der Waals surface area contributed by atoms with Crippen LogP contribution in [0.5, 0.6) is 0 Å².